The molecule has 1 amide bonds. The van der Waals surface area contributed by atoms with Crippen LogP contribution in [-0.2, 0) is 9.59 Å². The van der Waals surface area contributed by atoms with E-state index >= 15 is 0 Å². The lowest BCUT2D eigenvalue weighted by molar-refractivity contribution is -0.131. The third-order valence-electron chi connectivity index (χ3n) is 2.46. The third-order valence-corrected chi connectivity index (χ3v) is 3.63. The van der Waals surface area contributed by atoms with Crippen molar-refractivity contribution in [2.24, 2.45) is 0 Å². The zero-order chi connectivity index (χ0) is 11.3. The van der Waals surface area contributed by atoms with Gasteiger partial charge in [-0.15, -0.1) is 0 Å². The molecule has 1 rings (SSSR count). The lowest BCUT2D eigenvalue weighted by Crippen LogP contribution is -2.37. The molecule has 2 atom stereocenters. The molecule has 1 aliphatic carbocycles. The SMILES string of the molecule is CSC1CCCC1NC(=O)/C=C/C(=O)O. The average molecular weight is 229 g/mol. The molecule has 0 aromatic rings. The summed E-state index contributed by atoms with van der Waals surface area (Å²) in [6.07, 6.45) is 7.19. The number of carboxylic acid groups (broad SMARTS) is 1. The molecule has 15 heavy (non-hydrogen) atoms. The molecule has 1 fully saturated rings. The highest BCUT2D eigenvalue weighted by Gasteiger charge is 2.26. The summed E-state index contributed by atoms with van der Waals surface area (Å²) in [7, 11) is 0. The van der Waals surface area contributed by atoms with Gasteiger partial charge in [-0.2, -0.15) is 11.8 Å². The molecular formula is C10H15NO3S. The van der Waals surface area contributed by atoms with Crippen molar-refractivity contribution in [3.8, 4) is 0 Å². The number of aliphatic carboxylic acids is 1. The van der Waals surface area contributed by atoms with E-state index in [1.54, 1.807) is 11.8 Å². The topological polar surface area (TPSA) is 66.4 Å². The molecule has 0 aromatic heterocycles. The van der Waals surface area contributed by atoms with Gasteiger partial charge in [0.25, 0.3) is 0 Å². The lowest BCUT2D eigenvalue weighted by Gasteiger charge is -2.17. The van der Waals surface area contributed by atoms with Crippen LogP contribution in [0.4, 0.5) is 0 Å². The number of hydrogen-bond acceptors (Lipinski definition) is 3. The number of carbonyl (C=O) groups excluding carboxylic acids is 1. The van der Waals surface area contributed by atoms with E-state index in [2.05, 4.69) is 5.32 Å². The Morgan fingerprint density at radius 1 is 1.40 bits per heavy atom. The highest BCUT2D eigenvalue weighted by atomic mass is 32.2. The number of rotatable bonds is 4. The summed E-state index contributed by atoms with van der Waals surface area (Å²) < 4.78 is 0. The van der Waals surface area contributed by atoms with Crippen molar-refractivity contribution < 1.29 is 14.7 Å². The van der Waals surface area contributed by atoms with Gasteiger partial charge in [-0.3, -0.25) is 4.79 Å². The van der Waals surface area contributed by atoms with Crippen LogP contribution in [0.2, 0.25) is 0 Å². The van der Waals surface area contributed by atoms with Gasteiger partial charge in [-0.05, 0) is 19.1 Å². The van der Waals surface area contributed by atoms with Crippen molar-refractivity contribution in [2.75, 3.05) is 6.26 Å². The van der Waals surface area contributed by atoms with Crippen molar-refractivity contribution in [3.63, 3.8) is 0 Å². The van der Waals surface area contributed by atoms with Crippen LogP contribution in [0.15, 0.2) is 12.2 Å². The van der Waals surface area contributed by atoms with Crippen molar-refractivity contribution >= 4 is 23.6 Å². The Morgan fingerprint density at radius 2 is 2.13 bits per heavy atom. The molecule has 5 heteroatoms. The molecule has 1 saturated carbocycles. The fourth-order valence-corrected chi connectivity index (χ4v) is 2.69. The van der Waals surface area contributed by atoms with Crippen LogP contribution in [0.5, 0.6) is 0 Å². The summed E-state index contributed by atoms with van der Waals surface area (Å²) in [5.41, 5.74) is 0. The van der Waals surface area contributed by atoms with Crippen LogP contribution in [0.25, 0.3) is 0 Å². The maximum atomic E-state index is 11.3. The van der Waals surface area contributed by atoms with E-state index in [9.17, 15) is 9.59 Å². The van der Waals surface area contributed by atoms with Gasteiger partial charge in [-0.1, -0.05) is 6.42 Å². The minimum atomic E-state index is -1.10. The minimum Gasteiger partial charge on any atom is -0.478 e. The first-order chi connectivity index (χ1) is 7.13. The first-order valence-corrected chi connectivity index (χ1v) is 6.16. The van der Waals surface area contributed by atoms with Crippen LogP contribution < -0.4 is 5.32 Å². The van der Waals surface area contributed by atoms with Gasteiger partial charge in [0.05, 0.1) is 0 Å². The van der Waals surface area contributed by atoms with Crippen LogP contribution in [0.1, 0.15) is 19.3 Å². The summed E-state index contributed by atoms with van der Waals surface area (Å²) in [4.78, 5) is 21.5. The van der Waals surface area contributed by atoms with Gasteiger partial charge in [0, 0.05) is 23.4 Å². The molecule has 2 unspecified atom stereocenters. The summed E-state index contributed by atoms with van der Waals surface area (Å²) >= 11 is 1.75. The van der Waals surface area contributed by atoms with Crippen LogP contribution in [0, 0.1) is 0 Å². The average Bonchev–Trinajstić information content (AvgIpc) is 2.62. The van der Waals surface area contributed by atoms with Gasteiger partial charge >= 0.3 is 5.97 Å². The maximum Gasteiger partial charge on any atom is 0.328 e. The lowest BCUT2D eigenvalue weighted by atomic mass is 10.2. The maximum absolute atomic E-state index is 11.3. The largest absolute Gasteiger partial charge is 0.478 e. The van der Waals surface area contributed by atoms with E-state index < -0.39 is 5.97 Å². The highest BCUT2D eigenvalue weighted by molar-refractivity contribution is 7.99. The molecule has 0 aliphatic heterocycles. The fourth-order valence-electron chi connectivity index (χ4n) is 1.75. The monoisotopic (exact) mass is 229 g/mol. The van der Waals surface area contributed by atoms with E-state index in [-0.39, 0.29) is 11.9 Å². The van der Waals surface area contributed by atoms with Crippen LogP contribution in [0.3, 0.4) is 0 Å². The van der Waals surface area contributed by atoms with Crippen molar-refractivity contribution in [2.45, 2.75) is 30.6 Å². The van der Waals surface area contributed by atoms with Crippen LogP contribution in [-0.4, -0.2) is 34.5 Å². The fraction of sp³-hybridized carbons (Fsp3) is 0.600. The zero-order valence-electron chi connectivity index (χ0n) is 8.60. The second kappa shape index (κ2) is 5.80. The van der Waals surface area contributed by atoms with E-state index in [4.69, 9.17) is 5.11 Å². The predicted octanol–water partition coefficient (Wildman–Crippen LogP) is 1.03. The molecule has 0 radical (unpaired) electrons. The van der Waals surface area contributed by atoms with Crippen molar-refractivity contribution in [1.29, 1.82) is 0 Å². The van der Waals surface area contributed by atoms with Gasteiger partial charge in [0.15, 0.2) is 0 Å². The Morgan fingerprint density at radius 3 is 2.73 bits per heavy atom. The number of carboxylic acids is 1. The third kappa shape index (κ3) is 3.95. The van der Waals surface area contributed by atoms with Gasteiger partial charge in [0.1, 0.15) is 0 Å². The number of amides is 1. The molecular weight excluding hydrogens is 214 g/mol. The van der Waals surface area contributed by atoms with Gasteiger partial charge in [-0.25, -0.2) is 4.79 Å². The Kier molecular flexibility index (Phi) is 4.68. The summed E-state index contributed by atoms with van der Waals surface area (Å²) in [5, 5.41) is 11.6. The van der Waals surface area contributed by atoms with Crippen molar-refractivity contribution in [3.05, 3.63) is 12.2 Å². The molecule has 0 bridgehead atoms. The molecule has 4 nitrogen and oxygen atoms in total. The molecule has 0 saturated heterocycles. The Bertz CT molecular complexity index is 278. The summed E-state index contributed by atoms with van der Waals surface area (Å²) in [6, 6.07) is 0.186. The summed E-state index contributed by atoms with van der Waals surface area (Å²) in [5.74, 6) is -1.42. The first-order valence-electron chi connectivity index (χ1n) is 4.87. The normalized spacial score (nSPS) is 25.7. The van der Waals surface area contributed by atoms with Gasteiger partial charge in [0.2, 0.25) is 5.91 Å². The number of thioether (sulfide) groups is 1. The smallest absolute Gasteiger partial charge is 0.328 e. The molecule has 0 aromatic carbocycles. The second-order valence-corrected chi connectivity index (χ2v) is 4.57. The first kappa shape index (κ1) is 12.1. The molecule has 0 spiro atoms. The second-order valence-electron chi connectivity index (χ2n) is 3.49. The van der Waals surface area contributed by atoms with Crippen molar-refractivity contribution in [1.82, 2.24) is 5.32 Å². The molecule has 0 heterocycles. The number of carbonyl (C=O) groups is 2. The Balaban J connectivity index is 2.40. The Hall–Kier alpha value is -0.970. The van der Waals surface area contributed by atoms with E-state index in [0.717, 1.165) is 31.4 Å². The summed E-state index contributed by atoms with van der Waals surface area (Å²) in [6.45, 7) is 0. The van der Waals surface area contributed by atoms with E-state index in [1.807, 2.05) is 6.26 Å². The quantitative estimate of drug-likeness (QED) is 0.707. The standard InChI is InChI=1S/C10H15NO3S/c1-15-8-4-2-3-7(8)11-9(12)5-6-10(13)14/h5-8H,2-4H2,1H3,(H,11,12)(H,13,14)/b6-5+. The number of nitrogens with one attached hydrogen (secondary N) is 1. The molecule has 2 N–H and O–H groups in total. The van der Waals surface area contributed by atoms with E-state index in [0.29, 0.717) is 5.25 Å². The molecule has 84 valence electrons. The number of hydrogen-bond donors (Lipinski definition) is 2. The van der Waals surface area contributed by atoms with E-state index in [1.165, 1.54) is 0 Å². The molecule has 1 aliphatic rings. The zero-order valence-corrected chi connectivity index (χ0v) is 9.42. The van der Waals surface area contributed by atoms with Crippen LogP contribution >= 0.6 is 11.8 Å². The predicted molar refractivity (Wildman–Crippen MR) is 59.9 cm³/mol. The minimum absolute atomic E-state index is 0.186. The highest BCUT2D eigenvalue weighted by Crippen LogP contribution is 2.28. The Labute approximate surface area is 93.1 Å². The van der Waals surface area contributed by atoms with Gasteiger partial charge < -0.3 is 10.4 Å².